The number of carbonyl (C=O) groups excluding carboxylic acids is 1. The highest BCUT2D eigenvalue weighted by molar-refractivity contribution is 5.93. The molecule has 0 spiro atoms. The Balaban J connectivity index is 1.82. The summed E-state index contributed by atoms with van der Waals surface area (Å²) in [5.74, 6) is -0.332. The molecule has 1 aliphatic rings. The molecule has 8 heteroatoms. The van der Waals surface area contributed by atoms with Gasteiger partial charge in [-0.25, -0.2) is 14.4 Å². The van der Waals surface area contributed by atoms with Crippen LogP contribution in [0.4, 0.5) is 10.2 Å². The summed E-state index contributed by atoms with van der Waals surface area (Å²) in [6, 6.07) is 4.84. The number of carbonyl (C=O) groups is 1. The number of amides is 1. The number of nitrogens with zero attached hydrogens (tertiary/aromatic N) is 4. The van der Waals surface area contributed by atoms with Gasteiger partial charge in [0.2, 0.25) is 18.3 Å². The van der Waals surface area contributed by atoms with Gasteiger partial charge in [0.1, 0.15) is 5.69 Å². The molecule has 1 saturated carbocycles. The minimum atomic E-state index is -0.536. The lowest BCUT2D eigenvalue weighted by Crippen LogP contribution is -2.28. The van der Waals surface area contributed by atoms with Crippen LogP contribution in [0.5, 0.6) is 0 Å². The maximum atomic E-state index is 14.2. The van der Waals surface area contributed by atoms with Gasteiger partial charge in [0.05, 0.1) is 23.7 Å². The molecule has 1 amide bonds. The van der Waals surface area contributed by atoms with Crippen molar-refractivity contribution in [3.8, 4) is 22.5 Å². The first-order valence-corrected chi connectivity index (χ1v) is 8.10. The predicted octanol–water partition coefficient (Wildman–Crippen LogP) is 2.22. The Bertz CT molecular complexity index is 991. The Morgan fingerprint density at radius 2 is 2.12 bits per heavy atom. The topological polar surface area (TPSA) is 91.9 Å². The number of pyridine rings is 2. The summed E-state index contributed by atoms with van der Waals surface area (Å²) in [6.45, 7) is 0. The zero-order valence-corrected chi connectivity index (χ0v) is 13.6. The molecule has 130 valence electrons. The van der Waals surface area contributed by atoms with E-state index in [2.05, 4.69) is 20.3 Å². The van der Waals surface area contributed by atoms with Crippen molar-refractivity contribution in [3.63, 3.8) is 0 Å². The first-order chi connectivity index (χ1) is 12.6. The van der Waals surface area contributed by atoms with Crippen molar-refractivity contribution < 1.29 is 19.1 Å². The number of aromatic nitrogens is 4. The second-order valence-corrected chi connectivity index (χ2v) is 6.04. The van der Waals surface area contributed by atoms with Gasteiger partial charge in [0, 0.05) is 28.5 Å². The van der Waals surface area contributed by atoms with Gasteiger partial charge >= 0.3 is 0 Å². The van der Waals surface area contributed by atoms with Crippen LogP contribution in [0.25, 0.3) is 22.5 Å². The molecule has 3 heterocycles. The zero-order valence-electron chi connectivity index (χ0n) is 13.6. The summed E-state index contributed by atoms with van der Waals surface area (Å²) in [5.41, 5.74) is 1.39. The van der Waals surface area contributed by atoms with Crippen LogP contribution in [0.2, 0.25) is 0 Å². The SMILES string of the molecule is O=C(Nc1cnc(-c2ccncc2F)c(-c2ccc[n+](O)c2)n1)C1CC1. The molecule has 7 nitrogen and oxygen atoms in total. The molecule has 3 aromatic rings. The summed E-state index contributed by atoms with van der Waals surface area (Å²) >= 11 is 0. The molecule has 0 aromatic carbocycles. The van der Waals surface area contributed by atoms with E-state index in [0.29, 0.717) is 17.0 Å². The number of rotatable bonds is 4. The van der Waals surface area contributed by atoms with Gasteiger partial charge in [-0.1, -0.05) is 0 Å². The first kappa shape index (κ1) is 16.1. The van der Waals surface area contributed by atoms with Crippen LogP contribution in [-0.4, -0.2) is 26.1 Å². The molecular weight excluding hydrogens is 337 g/mol. The molecule has 2 N–H and O–H groups in total. The molecule has 1 aliphatic carbocycles. The van der Waals surface area contributed by atoms with Gasteiger partial charge < -0.3 is 5.32 Å². The van der Waals surface area contributed by atoms with Crippen molar-refractivity contribution >= 4 is 11.7 Å². The van der Waals surface area contributed by atoms with E-state index in [9.17, 15) is 14.4 Å². The Morgan fingerprint density at radius 1 is 1.27 bits per heavy atom. The highest BCUT2D eigenvalue weighted by Gasteiger charge is 2.30. The maximum absolute atomic E-state index is 14.2. The van der Waals surface area contributed by atoms with Crippen LogP contribution in [0.3, 0.4) is 0 Å². The molecular formula is C18H15FN5O2+. The monoisotopic (exact) mass is 352 g/mol. The van der Waals surface area contributed by atoms with Crippen molar-refractivity contribution in [2.45, 2.75) is 12.8 Å². The fourth-order valence-electron chi connectivity index (χ4n) is 2.59. The average molecular weight is 352 g/mol. The minimum absolute atomic E-state index is 0.0221. The van der Waals surface area contributed by atoms with E-state index in [1.807, 2.05) is 0 Å². The van der Waals surface area contributed by atoms with Gasteiger partial charge in [0.15, 0.2) is 11.6 Å². The van der Waals surface area contributed by atoms with Crippen molar-refractivity contribution in [3.05, 3.63) is 55.0 Å². The average Bonchev–Trinajstić information content (AvgIpc) is 3.48. The quantitative estimate of drug-likeness (QED) is 0.555. The molecule has 0 aliphatic heterocycles. The van der Waals surface area contributed by atoms with E-state index in [0.717, 1.165) is 23.8 Å². The van der Waals surface area contributed by atoms with Gasteiger partial charge in [-0.05, 0) is 25.0 Å². The highest BCUT2D eigenvalue weighted by atomic mass is 19.1. The standard InChI is InChI=1S/C18H14FN5O2/c19-14-8-20-6-5-13(14)17-16(12-2-1-7-24(26)10-12)22-15(9-21-17)23-18(25)11-3-4-11/h1-2,5-11H,3-4H2,(H-,20,22,23,25,26)/p+1. The fraction of sp³-hybridized carbons (Fsp3) is 0.167. The largest absolute Gasteiger partial charge is 0.309 e. The molecule has 26 heavy (non-hydrogen) atoms. The second kappa shape index (κ2) is 6.47. The zero-order chi connectivity index (χ0) is 18.1. The van der Waals surface area contributed by atoms with Crippen LogP contribution >= 0.6 is 0 Å². The normalized spacial score (nSPS) is 13.4. The second-order valence-electron chi connectivity index (χ2n) is 6.04. The molecule has 0 saturated heterocycles. The third-order valence-corrected chi connectivity index (χ3v) is 4.06. The summed E-state index contributed by atoms with van der Waals surface area (Å²) in [4.78, 5) is 24.5. The van der Waals surface area contributed by atoms with Crippen LogP contribution in [0.15, 0.2) is 49.2 Å². The fourth-order valence-corrected chi connectivity index (χ4v) is 2.59. The summed E-state index contributed by atoms with van der Waals surface area (Å²) in [6.07, 6.45) is 8.58. The van der Waals surface area contributed by atoms with Crippen molar-refractivity contribution in [2.75, 3.05) is 5.32 Å². The van der Waals surface area contributed by atoms with E-state index in [1.165, 1.54) is 30.9 Å². The highest BCUT2D eigenvalue weighted by Crippen LogP contribution is 2.32. The Labute approximate surface area is 148 Å². The summed E-state index contributed by atoms with van der Waals surface area (Å²) in [5, 5.41) is 12.4. The number of hydrogen-bond donors (Lipinski definition) is 2. The lowest BCUT2D eigenvalue weighted by molar-refractivity contribution is -0.904. The predicted molar refractivity (Wildman–Crippen MR) is 89.4 cm³/mol. The van der Waals surface area contributed by atoms with Gasteiger partial charge in [0.25, 0.3) is 0 Å². The molecule has 0 radical (unpaired) electrons. The first-order valence-electron chi connectivity index (χ1n) is 8.10. The maximum Gasteiger partial charge on any atom is 0.231 e. The summed E-state index contributed by atoms with van der Waals surface area (Å²) in [7, 11) is 0. The molecule has 4 rings (SSSR count). The molecule has 0 atom stereocenters. The van der Waals surface area contributed by atoms with E-state index in [4.69, 9.17) is 0 Å². The lowest BCUT2D eigenvalue weighted by Gasteiger charge is -2.10. The van der Waals surface area contributed by atoms with Crippen molar-refractivity contribution in [1.29, 1.82) is 0 Å². The summed E-state index contributed by atoms with van der Waals surface area (Å²) < 4.78 is 15.1. The van der Waals surface area contributed by atoms with Crippen molar-refractivity contribution in [2.24, 2.45) is 5.92 Å². The third-order valence-electron chi connectivity index (χ3n) is 4.06. The van der Waals surface area contributed by atoms with Gasteiger partial charge in [-0.3, -0.25) is 15.0 Å². The van der Waals surface area contributed by atoms with Crippen LogP contribution in [0, 0.1) is 11.7 Å². The smallest absolute Gasteiger partial charge is 0.231 e. The van der Waals surface area contributed by atoms with E-state index >= 15 is 0 Å². The minimum Gasteiger partial charge on any atom is -0.309 e. The van der Waals surface area contributed by atoms with Crippen LogP contribution < -0.4 is 10.0 Å². The molecule has 0 unspecified atom stereocenters. The third kappa shape index (κ3) is 3.21. The van der Waals surface area contributed by atoms with Gasteiger partial charge in [-0.15, -0.1) is 0 Å². The molecule has 0 bridgehead atoms. The molecule has 1 fully saturated rings. The van der Waals surface area contributed by atoms with E-state index < -0.39 is 5.82 Å². The van der Waals surface area contributed by atoms with E-state index in [1.54, 1.807) is 12.1 Å². The number of nitrogens with one attached hydrogen (secondary N) is 1. The molecule has 3 aromatic heterocycles. The van der Waals surface area contributed by atoms with Crippen molar-refractivity contribution in [1.82, 2.24) is 15.0 Å². The Kier molecular flexibility index (Phi) is 4.00. The Morgan fingerprint density at radius 3 is 2.85 bits per heavy atom. The van der Waals surface area contributed by atoms with Crippen LogP contribution in [-0.2, 0) is 4.79 Å². The van der Waals surface area contributed by atoms with Gasteiger partial charge in [-0.2, -0.15) is 0 Å². The number of anilines is 1. The van der Waals surface area contributed by atoms with E-state index in [-0.39, 0.29) is 23.2 Å². The number of halogens is 1. The van der Waals surface area contributed by atoms with Crippen LogP contribution in [0.1, 0.15) is 12.8 Å². The Hall–Kier alpha value is -3.42. The lowest BCUT2D eigenvalue weighted by atomic mass is 10.1. The number of hydrogen-bond acceptors (Lipinski definition) is 5.